The fraction of sp³-hybridized carbons (Fsp3) is 0.182. The average Bonchev–Trinajstić information content (AvgIpc) is 2.35. The number of pyridine rings is 1. The van der Waals surface area contributed by atoms with Gasteiger partial charge in [-0.2, -0.15) is 0 Å². The molecule has 0 aliphatic carbocycles. The summed E-state index contributed by atoms with van der Waals surface area (Å²) >= 11 is 0. The second-order valence-corrected chi connectivity index (χ2v) is 3.58. The molecule has 7 heteroatoms. The first-order valence-electron chi connectivity index (χ1n) is 5.12. The zero-order valence-electron chi connectivity index (χ0n) is 9.14. The summed E-state index contributed by atoms with van der Waals surface area (Å²) < 4.78 is 24.3. The van der Waals surface area contributed by atoms with E-state index in [0.717, 1.165) is 0 Å². The van der Waals surface area contributed by atoms with E-state index < -0.39 is 17.9 Å². The van der Waals surface area contributed by atoms with Crippen molar-refractivity contribution < 1.29 is 13.7 Å². The number of non-ortho nitro benzene ring substituents is 1. The van der Waals surface area contributed by atoms with E-state index in [1.807, 2.05) is 0 Å². The lowest BCUT2D eigenvalue weighted by atomic mass is 10.1. The highest BCUT2D eigenvalue weighted by molar-refractivity contribution is 5.99. The van der Waals surface area contributed by atoms with Gasteiger partial charge < -0.3 is 5.32 Å². The minimum atomic E-state index is -2.49. The summed E-state index contributed by atoms with van der Waals surface area (Å²) in [6, 6.07) is 4.25. The van der Waals surface area contributed by atoms with Crippen molar-refractivity contribution >= 4 is 22.1 Å². The molecule has 2 aromatic rings. The number of aromatic nitrogens is 1. The molecule has 2 rings (SSSR count). The van der Waals surface area contributed by atoms with Gasteiger partial charge in [-0.1, -0.05) is 0 Å². The fourth-order valence-corrected chi connectivity index (χ4v) is 1.68. The fourth-order valence-electron chi connectivity index (χ4n) is 1.68. The molecule has 0 saturated heterocycles. The summed E-state index contributed by atoms with van der Waals surface area (Å²) in [5, 5.41) is 14.2. The first-order chi connectivity index (χ1) is 8.59. The summed E-state index contributed by atoms with van der Waals surface area (Å²) in [4.78, 5) is 14.1. The number of hydrogen-bond acceptors (Lipinski definition) is 4. The first-order valence-corrected chi connectivity index (χ1v) is 5.12. The molecule has 18 heavy (non-hydrogen) atoms. The molecule has 0 saturated carbocycles. The van der Waals surface area contributed by atoms with Gasteiger partial charge in [-0.25, -0.2) is 8.78 Å². The number of rotatable bonds is 4. The topological polar surface area (TPSA) is 68.1 Å². The zero-order chi connectivity index (χ0) is 13.1. The molecular formula is C11H9F2N3O2. The van der Waals surface area contributed by atoms with Crippen molar-refractivity contribution in [3.8, 4) is 0 Å². The van der Waals surface area contributed by atoms with Crippen LogP contribution in [0.5, 0.6) is 0 Å². The van der Waals surface area contributed by atoms with Gasteiger partial charge in [0, 0.05) is 29.5 Å². The highest BCUT2D eigenvalue weighted by Gasteiger charge is 2.14. The van der Waals surface area contributed by atoms with Crippen LogP contribution in [0.3, 0.4) is 0 Å². The predicted octanol–water partition coefficient (Wildman–Crippen LogP) is 2.82. The van der Waals surface area contributed by atoms with Gasteiger partial charge in [-0.3, -0.25) is 15.1 Å². The van der Waals surface area contributed by atoms with Gasteiger partial charge in [0.25, 0.3) is 12.1 Å². The Morgan fingerprint density at radius 2 is 2.11 bits per heavy atom. The van der Waals surface area contributed by atoms with E-state index in [4.69, 9.17) is 0 Å². The van der Waals surface area contributed by atoms with Crippen LogP contribution in [-0.2, 0) is 0 Å². The largest absolute Gasteiger partial charge is 0.379 e. The molecule has 5 nitrogen and oxygen atoms in total. The number of nitro groups is 1. The molecule has 0 fully saturated rings. The number of nitrogens with one attached hydrogen (secondary N) is 1. The Morgan fingerprint density at radius 3 is 2.78 bits per heavy atom. The van der Waals surface area contributed by atoms with Gasteiger partial charge in [-0.15, -0.1) is 0 Å². The van der Waals surface area contributed by atoms with E-state index in [9.17, 15) is 18.9 Å². The van der Waals surface area contributed by atoms with E-state index in [1.54, 1.807) is 6.07 Å². The van der Waals surface area contributed by atoms with Crippen LogP contribution in [0.4, 0.5) is 20.2 Å². The summed E-state index contributed by atoms with van der Waals surface area (Å²) in [7, 11) is 0. The second-order valence-electron chi connectivity index (χ2n) is 3.58. The van der Waals surface area contributed by atoms with E-state index >= 15 is 0 Å². The molecule has 0 radical (unpaired) electrons. The second kappa shape index (κ2) is 4.91. The number of halogens is 2. The smallest absolute Gasteiger partial charge is 0.278 e. The van der Waals surface area contributed by atoms with Crippen molar-refractivity contribution in [1.82, 2.24) is 4.98 Å². The Kier molecular flexibility index (Phi) is 3.31. The molecule has 1 heterocycles. The number of benzene rings is 1. The summed E-state index contributed by atoms with van der Waals surface area (Å²) in [6.45, 7) is -0.505. The zero-order valence-corrected chi connectivity index (χ0v) is 9.14. The highest BCUT2D eigenvalue weighted by atomic mass is 19.3. The number of nitro benzene ring substituents is 1. The summed E-state index contributed by atoms with van der Waals surface area (Å²) in [5.41, 5.74) is 0.332. The lowest BCUT2D eigenvalue weighted by Crippen LogP contribution is -2.10. The molecule has 1 N–H and O–H groups in total. The van der Waals surface area contributed by atoms with Crippen molar-refractivity contribution in [2.24, 2.45) is 0 Å². The van der Waals surface area contributed by atoms with Crippen LogP contribution in [0, 0.1) is 10.1 Å². The van der Waals surface area contributed by atoms with Crippen LogP contribution in [0.15, 0.2) is 30.6 Å². The maximum atomic E-state index is 12.1. The van der Waals surface area contributed by atoms with Crippen LogP contribution in [0.25, 0.3) is 10.8 Å². The Bertz CT molecular complexity index is 590. The Morgan fingerprint density at radius 1 is 1.33 bits per heavy atom. The van der Waals surface area contributed by atoms with Gasteiger partial charge in [0.05, 0.1) is 16.9 Å². The maximum absolute atomic E-state index is 12.1. The predicted molar refractivity (Wildman–Crippen MR) is 62.9 cm³/mol. The van der Waals surface area contributed by atoms with Crippen molar-refractivity contribution in [3.63, 3.8) is 0 Å². The van der Waals surface area contributed by atoms with E-state index in [1.165, 1.54) is 24.5 Å². The molecule has 0 bridgehead atoms. The van der Waals surface area contributed by atoms with E-state index in [2.05, 4.69) is 10.3 Å². The maximum Gasteiger partial charge on any atom is 0.278 e. The molecule has 0 atom stereocenters. The molecule has 0 unspecified atom stereocenters. The minimum absolute atomic E-state index is 0.0966. The van der Waals surface area contributed by atoms with E-state index in [0.29, 0.717) is 16.5 Å². The summed E-state index contributed by atoms with van der Waals surface area (Å²) in [6.07, 6.45) is 0.317. The molecule has 1 aromatic carbocycles. The third-order valence-electron chi connectivity index (χ3n) is 2.44. The number of hydrogen-bond donors (Lipinski definition) is 1. The van der Waals surface area contributed by atoms with Crippen LogP contribution < -0.4 is 5.32 Å². The van der Waals surface area contributed by atoms with Gasteiger partial charge in [0.15, 0.2) is 0 Å². The SMILES string of the molecule is O=[N+]([O-])c1ccc(NCC(F)F)c2ccncc12. The van der Waals surface area contributed by atoms with Gasteiger partial charge in [-0.05, 0) is 12.1 Å². The third-order valence-corrected chi connectivity index (χ3v) is 2.44. The van der Waals surface area contributed by atoms with Gasteiger partial charge in [0.1, 0.15) is 0 Å². The van der Waals surface area contributed by atoms with Crippen LogP contribution in [0.1, 0.15) is 0 Å². The highest BCUT2D eigenvalue weighted by Crippen LogP contribution is 2.30. The molecule has 0 spiro atoms. The molecule has 94 valence electrons. The van der Waals surface area contributed by atoms with Crippen LogP contribution >= 0.6 is 0 Å². The van der Waals surface area contributed by atoms with Crippen molar-refractivity contribution in [1.29, 1.82) is 0 Å². The van der Waals surface area contributed by atoms with Gasteiger partial charge >= 0.3 is 0 Å². The normalized spacial score (nSPS) is 10.8. The van der Waals surface area contributed by atoms with Gasteiger partial charge in [0.2, 0.25) is 0 Å². The van der Waals surface area contributed by atoms with Crippen LogP contribution in [0.2, 0.25) is 0 Å². The van der Waals surface area contributed by atoms with Crippen LogP contribution in [-0.4, -0.2) is 22.9 Å². The number of alkyl halides is 2. The first kappa shape index (κ1) is 12.2. The molecular weight excluding hydrogens is 244 g/mol. The molecule has 0 aliphatic rings. The Labute approximate surface area is 101 Å². The Balaban J connectivity index is 2.50. The lowest BCUT2D eigenvalue weighted by Gasteiger charge is -2.09. The molecule has 0 aliphatic heterocycles. The molecule has 0 amide bonds. The third kappa shape index (κ3) is 2.34. The van der Waals surface area contributed by atoms with E-state index in [-0.39, 0.29) is 5.69 Å². The van der Waals surface area contributed by atoms with Crippen molar-refractivity contribution in [3.05, 3.63) is 40.7 Å². The molecule has 1 aromatic heterocycles. The Hall–Kier alpha value is -2.31. The summed E-state index contributed by atoms with van der Waals surface area (Å²) in [5.74, 6) is 0. The number of anilines is 1. The minimum Gasteiger partial charge on any atom is -0.379 e. The van der Waals surface area contributed by atoms with Crippen molar-refractivity contribution in [2.75, 3.05) is 11.9 Å². The standard InChI is InChI=1S/C11H9F2N3O2/c12-11(13)6-15-9-1-2-10(16(17)18)8-5-14-4-3-7(8)9/h1-5,11,15H,6H2. The number of nitrogens with zero attached hydrogens (tertiary/aromatic N) is 2. The quantitative estimate of drug-likeness (QED) is 0.672. The lowest BCUT2D eigenvalue weighted by molar-refractivity contribution is -0.383. The number of fused-ring (bicyclic) bond motifs is 1. The monoisotopic (exact) mass is 253 g/mol. The average molecular weight is 253 g/mol. The van der Waals surface area contributed by atoms with Crippen molar-refractivity contribution in [2.45, 2.75) is 6.43 Å².